The normalized spacial score (nSPS) is 14.8. The molecule has 0 aromatic heterocycles. The maximum absolute atomic E-state index is 13.8. The number of anilines is 2. The van der Waals surface area contributed by atoms with Gasteiger partial charge in [0, 0.05) is 31.9 Å². The maximum atomic E-state index is 13.8. The predicted molar refractivity (Wildman–Crippen MR) is 92.8 cm³/mol. The highest BCUT2D eigenvalue weighted by atomic mass is 32.1. The number of hydrogen-bond donors (Lipinski definition) is 1. The Morgan fingerprint density at radius 3 is 2.23 bits per heavy atom. The molecule has 0 unspecified atom stereocenters. The zero-order valence-corrected chi connectivity index (χ0v) is 13.0. The lowest BCUT2D eigenvalue weighted by atomic mass is 10.2. The Kier molecular flexibility index (Phi) is 4.53. The summed E-state index contributed by atoms with van der Waals surface area (Å²) in [5.41, 5.74) is 1.66. The van der Waals surface area contributed by atoms with E-state index in [9.17, 15) is 4.39 Å². The number of para-hydroxylation sites is 2. The third kappa shape index (κ3) is 3.36. The van der Waals surface area contributed by atoms with Gasteiger partial charge in [0.1, 0.15) is 5.82 Å². The largest absolute Gasteiger partial charge is 0.366 e. The van der Waals surface area contributed by atoms with E-state index in [4.69, 9.17) is 12.2 Å². The molecule has 2 aromatic rings. The molecule has 0 saturated carbocycles. The topological polar surface area (TPSA) is 18.5 Å². The van der Waals surface area contributed by atoms with Gasteiger partial charge in [0.2, 0.25) is 0 Å². The zero-order chi connectivity index (χ0) is 15.4. The second kappa shape index (κ2) is 6.75. The number of benzene rings is 2. The van der Waals surface area contributed by atoms with Crippen LogP contribution in [-0.2, 0) is 0 Å². The standard InChI is InChI=1S/C17H18FN3S/c18-15-8-4-5-9-16(15)20-10-12-21(13-11-20)17(22)19-14-6-2-1-3-7-14/h1-9H,10-13H2,(H,19,22). The summed E-state index contributed by atoms with van der Waals surface area (Å²) < 4.78 is 13.8. The number of halogens is 1. The van der Waals surface area contributed by atoms with Crippen LogP contribution in [0.2, 0.25) is 0 Å². The van der Waals surface area contributed by atoms with Gasteiger partial charge in [-0.05, 0) is 36.5 Å². The first kappa shape index (κ1) is 14.8. The van der Waals surface area contributed by atoms with Crippen molar-refractivity contribution in [3.05, 3.63) is 60.4 Å². The first-order valence-electron chi connectivity index (χ1n) is 7.34. The van der Waals surface area contributed by atoms with Crippen molar-refractivity contribution in [1.29, 1.82) is 0 Å². The third-order valence-electron chi connectivity index (χ3n) is 3.79. The second-order valence-corrected chi connectivity index (χ2v) is 5.61. The van der Waals surface area contributed by atoms with E-state index in [1.165, 1.54) is 6.07 Å². The van der Waals surface area contributed by atoms with Gasteiger partial charge in [-0.15, -0.1) is 0 Å². The quantitative estimate of drug-likeness (QED) is 0.856. The highest BCUT2D eigenvalue weighted by Crippen LogP contribution is 2.20. The van der Waals surface area contributed by atoms with Crippen LogP contribution in [0.5, 0.6) is 0 Å². The van der Waals surface area contributed by atoms with Crippen LogP contribution in [0.15, 0.2) is 54.6 Å². The molecule has 22 heavy (non-hydrogen) atoms. The molecule has 2 aromatic carbocycles. The molecule has 114 valence electrons. The van der Waals surface area contributed by atoms with Crippen molar-refractivity contribution >= 4 is 28.7 Å². The average molecular weight is 315 g/mol. The third-order valence-corrected chi connectivity index (χ3v) is 4.15. The van der Waals surface area contributed by atoms with Gasteiger partial charge in [-0.2, -0.15) is 0 Å². The fourth-order valence-corrected chi connectivity index (χ4v) is 2.88. The molecule has 0 aliphatic carbocycles. The van der Waals surface area contributed by atoms with Crippen molar-refractivity contribution in [3.8, 4) is 0 Å². The average Bonchev–Trinajstić information content (AvgIpc) is 2.56. The van der Waals surface area contributed by atoms with Crippen LogP contribution >= 0.6 is 12.2 Å². The monoisotopic (exact) mass is 315 g/mol. The van der Waals surface area contributed by atoms with Crippen LogP contribution in [-0.4, -0.2) is 36.2 Å². The highest BCUT2D eigenvalue weighted by Gasteiger charge is 2.20. The Bertz CT molecular complexity index is 639. The van der Waals surface area contributed by atoms with Crippen LogP contribution in [0.3, 0.4) is 0 Å². The molecule has 1 N–H and O–H groups in total. The van der Waals surface area contributed by atoms with Gasteiger partial charge in [0.15, 0.2) is 5.11 Å². The van der Waals surface area contributed by atoms with Gasteiger partial charge in [0.25, 0.3) is 0 Å². The van der Waals surface area contributed by atoms with E-state index in [0.29, 0.717) is 5.69 Å². The highest BCUT2D eigenvalue weighted by molar-refractivity contribution is 7.80. The lowest BCUT2D eigenvalue weighted by Gasteiger charge is -2.37. The van der Waals surface area contributed by atoms with Gasteiger partial charge in [-0.1, -0.05) is 30.3 Å². The van der Waals surface area contributed by atoms with Crippen LogP contribution in [0.4, 0.5) is 15.8 Å². The summed E-state index contributed by atoms with van der Waals surface area (Å²) in [5, 5.41) is 3.96. The lowest BCUT2D eigenvalue weighted by Crippen LogP contribution is -2.50. The molecule has 1 aliphatic heterocycles. The summed E-state index contributed by atoms with van der Waals surface area (Å²) >= 11 is 5.46. The van der Waals surface area contributed by atoms with Crippen molar-refractivity contribution < 1.29 is 4.39 Å². The first-order valence-corrected chi connectivity index (χ1v) is 7.75. The fraction of sp³-hybridized carbons (Fsp3) is 0.235. The van der Waals surface area contributed by atoms with E-state index in [1.54, 1.807) is 6.07 Å². The summed E-state index contributed by atoms with van der Waals surface area (Å²) in [6, 6.07) is 16.8. The van der Waals surface area contributed by atoms with E-state index in [2.05, 4.69) is 15.1 Å². The molecule has 0 atom stereocenters. The number of piperazine rings is 1. The van der Waals surface area contributed by atoms with Crippen LogP contribution in [0.25, 0.3) is 0 Å². The molecule has 0 radical (unpaired) electrons. The fourth-order valence-electron chi connectivity index (χ4n) is 2.58. The minimum absolute atomic E-state index is 0.166. The summed E-state index contributed by atoms with van der Waals surface area (Å²) in [4.78, 5) is 4.19. The number of rotatable bonds is 2. The van der Waals surface area contributed by atoms with Gasteiger partial charge in [-0.25, -0.2) is 4.39 Å². The minimum atomic E-state index is -0.166. The molecule has 1 aliphatic rings. The minimum Gasteiger partial charge on any atom is -0.366 e. The Balaban J connectivity index is 1.58. The molecule has 3 nitrogen and oxygen atoms in total. The van der Waals surface area contributed by atoms with Crippen molar-refractivity contribution in [2.24, 2.45) is 0 Å². The van der Waals surface area contributed by atoms with Crippen LogP contribution in [0, 0.1) is 5.82 Å². The molecular formula is C17H18FN3S. The Labute approximate surface area is 135 Å². The molecule has 0 bridgehead atoms. The maximum Gasteiger partial charge on any atom is 0.173 e. The Hall–Kier alpha value is -2.14. The van der Waals surface area contributed by atoms with Crippen molar-refractivity contribution in [3.63, 3.8) is 0 Å². The van der Waals surface area contributed by atoms with E-state index in [1.807, 2.05) is 42.5 Å². The summed E-state index contributed by atoms with van der Waals surface area (Å²) in [6.45, 7) is 3.09. The van der Waals surface area contributed by atoms with Crippen LogP contribution in [0.1, 0.15) is 0 Å². The van der Waals surface area contributed by atoms with E-state index in [-0.39, 0.29) is 5.82 Å². The number of hydrogen-bond acceptors (Lipinski definition) is 2. The van der Waals surface area contributed by atoms with E-state index >= 15 is 0 Å². The molecule has 1 saturated heterocycles. The SMILES string of the molecule is Fc1ccccc1N1CCN(C(=S)Nc2ccccc2)CC1. The van der Waals surface area contributed by atoms with E-state index in [0.717, 1.165) is 37.0 Å². The summed E-state index contributed by atoms with van der Waals surface area (Å²) in [7, 11) is 0. The smallest absolute Gasteiger partial charge is 0.173 e. The Morgan fingerprint density at radius 1 is 0.909 bits per heavy atom. The van der Waals surface area contributed by atoms with Gasteiger partial charge in [-0.3, -0.25) is 0 Å². The molecular weight excluding hydrogens is 297 g/mol. The molecule has 3 rings (SSSR count). The van der Waals surface area contributed by atoms with Crippen molar-refractivity contribution in [2.45, 2.75) is 0 Å². The first-order chi connectivity index (χ1) is 10.7. The summed E-state index contributed by atoms with van der Waals surface area (Å²) in [6.07, 6.45) is 0. The Morgan fingerprint density at radius 2 is 1.55 bits per heavy atom. The van der Waals surface area contributed by atoms with Gasteiger partial charge < -0.3 is 15.1 Å². The molecule has 0 spiro atoms. The van der Waals surface area contributed by atoms with Crippen molar-refractivity contribution in [1.82, 2.24) is 4.90 Å². The lowest BCUT2D eigenvalue weighted by molar-refractivity contribution is 0.388. The molecule has 0 amide bonds. The van der Waals surface area contributed by atoms with Gasteiger partial charge >= 0.3 is 0 Å². The predicted octanol–water partition coefficient (Wildman–Crippen LogP) is 3.34. The second-order valence-electron chi connectivity index (χ2n) is 5.22. The molecule has 1 heterocycles. The summed E-state index contributed by atoms with van der Waals surface area (Å²) in [5.74, 6) is -0.166. The van der Waals surface area contributed by atoms with Crippen molar-refractivity contribution in [2.75, 3.05) is 36.4 Å². The van der Waals surface area contributed by atoms with Gasteiger partial charge in [0.05, 0.1) is 5.69 Å². The zero-order valence-electron chi connectivity index (χ0n) is 12.2. The number of nitrogens with one attached hydrogen (secondary N) is 1. The molecule has 5 heteroatoms. The van der Waals surface area contributed by atoms with Crippen LogP contribution < -0.4 is 10.2 Å². The van der Waals surface area contributed by atoms with E-state index < -0.39 is 0 Å². The number of nitrogens with zero attached hydrogens (tertiary/aromatic N) is 2. The molecule has 1 fully saturated rings. The number of thiocarbonyl (C=S) groups is 1.